The molecule has 3 heterocycles. The molecule has 5 rings (SSSR count). The average Bonchev–Trinajstić information content (AvgIpc) is 2.70. The summed E-state index contributed by atoms with van der Waals surface area (Å²) in [6.45, 7) is 4.33. The van der Waals surface area contributed by atoms with Gasteiger partial charge in [0.25, 0.3) is 0 Å². The molecular formula is C22H26N2O. The van der Waals surface area contributed by atoms with E-state index in [1.165, 1.54) is 25.9 Å². The molecule has 0 amide bonds. The molecule has 3 saturated heterocycles. The van der Waals surface area contributed by atoms with Gasteiger partial charge in [0.2, 0.25) is 0 Å². The van der Waals surface area contributed by atoms with Crippen LogP contribution in [0.4, 0.5) is 0 Å². The van der Waals surface area contributed by atoms with Gasteiger partial charge in [-0.2, -0.15) is 0 Å². The normalized spacial score (nSPS) is 26.3. The summed E-state index contributed by atoms with van der Waals surface area (Å²) in [5.41, 5.74) is 1.90. The first-order valence-electron chi connectivity index (χ1n) is 9.41. The van der Waals surface area contributed by atoms with Gasteiger partial charge in [0, 0.05) is 24.7 Å². The van der Waals surface area contributed by atoms with Gasteiger partial charge in [0.05, 0.1) is 5.92 Å². The first-order valence-corrected chi connectivity index (χ1v) is 9.41. The first kappa shape index (κ1) is 16.5. The lowest BCUT2D eigenvalue weighted by Crippen LogP contribution is -2.56. The fourth-order valence-corrected chi connectivity index (χ4v) is 4.32. The van der Waals surface area contributed by atoms with Gasteiger partial charge in [-0.15, -0.1) is 0 Å². The van der Waals surface area contributed by atoms with Crippen LogP contribution in [-0.4, -0.2) is 42.9 Å². The number of ketones is 1. The maximum Gasteiger partial charge on any atom is 0.171 e. The van der Waals surface area contributed by atoms with E-state index in [-0.39, 0.29) is 11.7 Å². The lowest BCUT2D eigenvalue weighted by Gasteiger charge is -2.45. The van der Waals surface area contributed by atoms with Crippen molar-refractivity contribution in [1.82, 2.24) is 10.2 Å². The highest BCUT2D eigenvalue weighted by Gasteiger charge is 2.34. The highest BCUT2D eigenvalue weighted by molar-refractivity contribution is 6.01. The highest BCUT2D eigenvalue weighted by atomic mass is 16.1. The SMILES string of the molecule is O=C(c1ccccc1)[C@@H](CN[C@H]1CN2CCC1CC2)c1ccccc1. The predicted octanol–water partition coefficient (Wildman–Crippen LogP) is 3.34. The van der Waals surface area contributed by atoms with Gasteiger partial charge < -0.3 is 10.2 Å². The predicted molar refractivity (Wildman–Crippen MR) is 101 cm³/mol. The Labute approximate surface area is 150 Å². The summed E-state index contributed by atoms with van der Waals surface area (Å²) in [7, 11) is 0. The Balaban J connectivity index is 1.51. The van der Waals surface area contributed by atoms with E-state index in [2.05, 4.69) is 22.3 Å². The molecule has 2 aromatic carbocycles. The molecule has 3 aliphatic heterocycles. The van der Waals surface area contributed by atoms with Crippen molar-refractivity contribution in [2.75, 3.05) is 26.2 Å². The number of nitrogens with one attached hydrogen (secondary N) is 1. The van der Waals surface area contributed by atoms with Crippen LogP contribution in [-0.2, 0) is 0 Å². The second kappa shape index (κ2) is 7.51. The molecule has 25 heavy (non-hydrogen) atoms. The number of hydrogen-bond donors (Lipinski definition) is 1. The van der Waals surface area contributed by atoms with Gasteiger partial charge >= 0.3 is 0 Å². The van der Waals surface area contributed by atoms with Crippen molar-refractivity contribution in [2.24, 2.45) is 5.92 Å². The Morgan fingerprint density at radius 3 is 2.24 bits per heavy atom. The molecule has 3 heteroatoms. The van der Waals surface area contributed by atoms with Crippen LogP contribution in [0.2, 0.25) is 0 Å². The quantitative estimate of drug-likeness (QED) is 0.823. The van der Waals surface area contributed by atoms with Crippen LogP contribution in [0.3, 0.4) is 0 Å². The third-order valence-electron chi connectivity index (χ3n) is 5.82. The minimum Gasteiger partial charge on any atom is -0.311 e. The number of Topliss-reactive ketones (excluding diaryl/α,β-unsaturated/α-hetero) is 1. The molecule has 0 saturated carbocycles. The van der Waals surface area contributed by atoms with Crippen molar-refractivity contribution < 1.29 is 4.79 Å². The lowest BCUT2D eigenvalue weighted by atomic mass is 9.83. The maximum absolute atomic E-state index is 13.1. The van der Waals surface area contributed by atoms with E-state index in [0.29, 0.717) is 12.6 Å². The van der Waals surface area contributed by atoms with Gasteiger partial charge in [0.1, 0.15) is 0 Å². The standard InChI is InChI=1S/C22H26N2O/c25-22(19-9-5-2-6-10-19)20(17-7-3-1-4-8-17)15-23-21-16-24-13-11-18(21)12-14-24/h1-10,18,20-21,23H,11-16H2/t20-,21-/m0/s1. The Hall–Kier alpha value is -1.97. The van der Waals surface area contributed by atoms with Gasteiger partial charge in [-0.1, -0.05) is 60.7 Å². The smallest absolute Gasteiger partial charge is 0.171 e. The van der Waals surface area contributed by atoms with Crippen molar-refractivity contribution in [3.63, 3.8) is 0 Å². The van der Waals surface area contributed by atoms with Gasteiger partial charge in [0.15, 0.2) is 5.78 Å². The maximum atomic E-state index is 13.1. The Bertz CT molecular complexity index is 692. The third kappa shape index (κ3) is 3.68. The monoisotopic (exact) mass is 334 g/mol. The molecule has 3 nitrogen and oxygen atoms in total. The largest absolute Gasteiger partial charge is 0.311 e. The highest BCUT2D eigenvalue weighted by Crippen LogP contribution is 2.28. The van der Waals surface area contributed by atoms with E-state index in [0.717, 1.165) is 23.6 Å². The number of benzene rings is 2. The minimum absolute atomic E-state index is 0.126. The number of rotatable bonds is 6. The molecule has 130 valence electrons. The molecule has 2 aromatic rings. The first-order chi connectivity index (χ1) is 12.3. The Morgan fingerprint density at radius 2 is 1.64 bits per heavy atom. The summed E-state index contributed by atoms with van der Waals surface area (Å²) >= 11 is 0. The zero-order valence-corrected chi connectivity index (χ0v) is 14.6. The zero-order chi connectivity index (χ0) is 17.1. The van der Waals surface area contributed by atoms with E-state index in [9.17, 15) is 4.79 Å². The topological polar surface area (TPSA) is 32.3 Å². The lowest BCUT2D eigenvalue weighted by molar-refractivity contribution is 0.0708. The molecule has 0 unspecified atom stereocenters. The van der Waals surface area contributed by atoms with E-state index in [1.54, 1.807) is 0 Å². The van der Waals surface area contributed by atoms with Crippen molar-refractivity contribution in [3.05, 3.63) is 71.8 Å². The average molecular weight is 334 g/mol. The number of fused-ring (bicyclic) bond motifs is 3. The molecule has 2 bridgehead atoms. The van der Waals surface area contributed by atoms with Gasteiger partial charge in [-0.3, -0.25) is 4.79 Å². The summed E-state index contributed by atoms with van der Waals surface area (Å²) in [6, 6.07) is 20.4. The van der Waals surface area contributed by atoms with Gasteiger partial charge in [-0.25, -0.2) is 0 Å². The molecule has 0 aliphatic carbocycles. The van der Waals surface area contributed by atoms with E-state index >= 15 is 0 Å². The summed E-state index contributed by atoms with van der Waals surface area (Å²) in [5, 5.41) is 3.74. The molecule has 0 spiro atoms. The van der Waals surface area contributed by atoms with E-state index in [4.69, 9.17) is 0 Å². The van der Waals surface area contributed by atoms with Crippen molar-refractivity contribution in [1.29, 1.82) is 0 Å². The Kier molecular flexibility index (Phi) is 4.95. The van der Waals surface area contributed by atoms with Crippen LogP contribution >= 0.6 is 0 Å². The van der Waals surface area contributed by atoms with Crippen LogP contribution < -0.4 is 5.32 Å². The number of carbonyl (C=O) groups excluding carboxylic acids is 1. The van der Waals surface area contributed by atoms with Crippen molar-refractivity contribution >= 4 is 5.78 Å². The third-order valence-corrected chi connectivity index (χ3v) is 5.82. The summed E-state index contributed by atoms with van der Waals surface area (Å²) in [6.07, 6.45) is 2.58. The number of hydrogen-bond acceptors (Lipinski definition) is 3. The molecule has 0 aromatic heterocycles. The summed E-state index contributed by atoms with van der Waals surface area (Å²) in [4.78, 5) is 15.7. The molecule has 1 N–H and O–H groups in total. The van der Waals surface area contributed by atoms with Crippen LogP contribution in [0.15, 0.2) is 60.7 Å². The molecule has 0 radical (unpaired) electrons. The minimum atomic E-state index is -0.126. The fourth-order valence-electron chi connectivity index (χ4n) is 4.32. The van der Waals surface area contributed by atoms with Crippen molar-refractivity contribution in [2.45, 2.75) is 24.8 Å². The number of nitrogens with zero attached hydrogens (tertiary/aromatic N) is 1. The second-order valence-corrected chi connectivity index (χ2v) is 7.35. The molecular weight excluding hydrogens is 308 g/mol. The van der Waals surface area contributed by atoms with Gasteiger partial charge in [-0.05, 0) is 37.4 Å². The molecule has 2 atom stereocenters. The van der Waals surface area contributed by atoms with Crippen LogP contribution in [0, 0.1) is 5.92 Å². The van der Waals surface area contributed by atoms with Crippen LogP contribution in [0.1, 0.15) is 34.7 Å². The zero-order valence-electron chi connectivity index (χ0n) is 14.6. The number of piperidine rings is 3. The molecule has 3 fully saturated rings. The molecule has 3 aliphatic rings. The number of carbonyl (C=O) groups is 1. The second-order valence-electron chi connectivity index (χ2n) is 7.35. The van der Waals surface area contributed by atoms with Crippen LogP contribution in [0.25, 0.3) is 0 Å². The van der Waals surface area contributed by atoms with E-state index < -0.39 is 0 Å². The van der Waals surface area contributed by atoms with E-state index in [1.807, 2.05) is 48.5 Å². The Morgan fingerprint density at radius 1 is 1.00 bits per heavy atom. The summed E-state index contributed by atoms with van der Waals surface area (Å²) in [5.74, 6) is 0.855. The van der Waals surface area contributed by atoms with Crippen molar-refractivity contribution in [3.8, 4) is 0 Å². The fraction of sp³-hybridized carbons (Fsp3) is 0.409. The summed E-state index contributed by atoms with van der Waals surface area (Å²) < 4.78 is 0. The van der Waals surface area contributed by atoms with Crippen LogP contribution in [0.5, 0.6) is 0 Å².